The molecule has 0 aromatic heterocycles. The van der Waals surface area contributed by atoms with Crippen molar-refractivity contribution in [3.63, 3.8) is 0 Å². The molecule has 2 aromatic rings. The van der Waals surface area contributed by atoms with Crippen LogP contribution in [0.2, 0.25) is 5.02 Å². The third-order valence-corrected chi connectivity index (χ3v) is 5.87. The molecule has 0 spiro atoms. The van der Waals surface area contributed by atoms with Crippen LogP contribution in [-0.4, -0.2) is 26.4 Å². The van der Waals surface area contributed by atoms with Gasteiger partial charge in [-0.25, -0.2) is 8.42 Å². The SMILES string of the molecule is CCC[C@H](C)NC(=O)[C@@H](Cc1ccccc1)NS(=O)(=O)c1ccc(Cl)cc1. The van der Waals surface area contributed by atoms with Crippen molar-refractivity contribution < 1.29 is 13.2 Å². The van der Waals surface area contributed by atoms with E-state index in [0.29, 0.717) is 5.02 Å². The lowest BCUT2D eigenvalue weighted by Crippen LogP contribution is -2.50. The number of halogens is 1. The lowest BCUT2D eigenvalue weighted by Gasteiger charge is -2.21. The van der Waals surface area contributed by atoms with Gasteiger partial charge < -0.3 is 5.32 Å². The molecule has 0 fully saturated rings. The summed E-state index contributed by atoms with van der Waals surface area (Å²) < 4.78 is 28.0. The zero-order chi connectivity index (χ0) is 19.9. The van der Waals surface area contributed by atoms with Gasteiger partial charge in [-0.15, -0.1) is 0 Å². The van der Waals surface area contributed by atoms with E-state index in [1.807, 2.05) is 44.2 Å². The van der Waals surface area contributed by atoms with Crippen LogP contribution in [0.4, 0.5) is 0 Å². The van der Waals surface area contributed by atoms with E-state index in [-0.39, 0.29) is 23.3 Å². The van der Waals surface area contributed by atoms with E-state index >= 15 is 0 Å². The summed E-state index contributed by atoms with van der Waals surface area (Å²) in [6.07, 6.45) is 2.02. The van der Waals surface area contributed by atoms with Gasteiger partial charge in [0.1, 0.15) is 6.04 Å². The van der Waals surface area contributed by atoms with Gasteiger partial charge in [0, 0.05) is 11.1 Å². The van der Waals surface area contributed by atoms with Gasteiger partial charge in [0.2, 0.25) is 15.9 Å². The average Bonchev–Trinajstić information content (AvgIpc) is 2.62. The predicted molar refractivity (Wildman–Crippen MR) is 108 cm³/mol. The van der Waals surface area contributed by atoms with Crippen LogP contribution in [0.1, 0.15) is 32.3 Å². The van der Waals surface area contributed by atoms with E-state index in [4.69, 9.17) is 11.6 Å². The monoisotopic (exact) mass is 408 g/mol. The smallest absolute Gasteiger partial charge is 0.241 e. The molecule has 146 valence electrons. The fourth-order valence-corrected chi connectivity index (χ4v) is 4.08. The minimum atomic E-state index is -3.86. The first kappa shape index (κ1) is 21.4. The molecule has 2 atom stereocenters. The summed E-state index contributed by atoms with van der Waals surface area (Å²) in [5.74, 6) is -0.336. The molecule has 0 bridgehead atoms. The van der Waals surface area contributed by atoms with Crippen LogP contribution in [0.15, 0.2) is 59.5 Å². The molecule has 0 aliphatic carbocycles. The van der Waals surface area contributed by atoms with Crippen molar-refractivity contribution in [2.24, 2.45) is 0 Å². The Bertz CT molecular complexity index is 839. The second kappa shape index (κ2) is 9.88. The molecule has 0 unspecified atom stereocenters. The first-order valence-corrected chi connectivity index (χ1v) is 10.8. The largest absolute Gasteiger partial charge is 0.352 e. The fraction of sp³-hybridized carbons (Fsp3) is 0.350. The van der Waals surface area contributed by atoms with Crippen LogP contribution in [0.3, 0.4) is 0 Å². The standard InChI is InChI=1S/C20H25ClN2O3S/c1-3-7-15(2)22-20(24)19(14-16-8-5-4-6-9-16)23-27(25,26)18-12-10-17(21)11-13-18/h4-6,8-13,15,19,23H,3,7,14H2,1-2H3,(H,22,24)/t15-,19+/m0/s1. The number of sulfonamides is 1. The number of rotatable bonds is 9. The normalized spacial score (nSPS) is 13.7. The van der Waals surface area contributed by atoms with Crippen LogP contribution in [0.5, 0.6) is 0 Å². The Morgan fingerprint density at radius 1 is 1.07 bits per heavy atom. The summed E-state index contributed by atoms with van der Waals surface area (Å²) in [6, 6.07) is 14.2. The maximum Gasteiger partial charge on any atom is 0.241 e. The number of benzene rings is 2. The number of carbonyl (C=O) groups is 1. The molecule has 27 heavy (non-hydrogen) atoms. The Morgan fingerprint density at radius 3 is 2.30 bits per heavy atom. The molecule has 7 heteroatoms. The molecule has 2 N–H and O–H groups in total. The Hall–Kier alpha value is -1.89. The van der Waals surface area contributed by atoms with Gasteiger partial charge in [0.05, 0.1) is 4.90 Å². The number of carbonyl (C=O) groups excluding carboxylic acids is 1. The van der Waals surface area contributed by atoms with Crippen molar-refractivity contribution in [3.05, 3.63) is 65.2 Å². The third-order valence-electron chi connectivity index (χ3n) is 4.13. The Labute approximate surface area is 166 Å². The third kappa shape index (κ3) is 6.65. The highest BCUT2D eigenvalue weighted by Gasteiger charge is 2.26. The number of amides is 1. The molecule has 0 aliphatic rings. The van der Waals surface area contributed by atoms with E-state index in [1.165, 1.54) is 24.3 Å². The second-order valence-electron chi connectivity index (χ2n) is 6.52. The first-order valence-electron chi connectivity index (χ1n) is 8.94. The molecule has 0 saturated heterocycles. The van der Waals surface area contributed by atoms with Gasteiger partial charge in [0.25, 0.3) is 0 Å². The minimum Gasteiger partial charge on any atom is -0.352 e. The summed E-state index contributed by atoms with van der Waals surface area (Å²) >= 11 is 5.83. The topological polar surface area (TPSA) is 75.3 Å². The molecule has 0 radical (unpaired) electrons. The van der Waals surface area contributed by atoms with Crippen molar-refractivity contribution in [2.45, 2.75) is 50.1 Å². The number of hydrogen-bond donors (Lipinski definition) is 2. The van der Waals surface area contributed by atoms with Crippen molar-refractivity contribution in [1.82, 2.24) is 10.0 Å². The van der Waals surface area contributed by atoms with Crippen LogP contribution >= 0.6 is 11.6 Å². The van der Waals surface area contributed by atoms with Crippen LogP contribution in [-0.2, 0) is 21.2 Å². The van der Waals surface area contributed by atoms with E-state index in [9.17, 15) is 13.2 Å². The van der Waals surface area contributed by atoms with Crippen LogP contribution in [0.25, 0.3) is 0 Å². The van der Waals surface area contributed by atoms with E-state index < -0.39 is 16.1 Å². The van der Waals surface area contributed by atoms with E-state index in [0.717, 1.165) is 18.4 Å². The van der Waals surface area contributed by atoms with Gasteiger partial charge in [-0.05, 0) is 49.6 Å². The maximum absolute atomic E-state index is 12.7. The molecule has 5 nitrogen and oxygen atoms in total. The molecule has 2 rings (SSSR count). The molecule has 2 aromatic carbocycles. The fourth-order valence-electron chi connectivity index (χ4n) is 2.76. The lowest BCUT2D eigenvalue weighted by atomic mass is 10.1. The Morgan fingerprint density at radius 2 is 1.70 bits per heavy atom. The summed E-state index contributed by atoms with van der Waals surface area (Å²) in [7, 11) is -3.86. The summed E-state index contributed by atoms with van der Waals surface area (Å²) in [5, 5.41) is 3.34. The second-order valence-corrected chi connectivity index (χ2v) is 8.67. The molecule has 0 heterocycles. The summed E-state index contributed by atoms with van der Waals surface area (Å²) in [4.78, 5) is 12.8. The Balaban J connectivity index is 2.22. The highest BCUT2D eigenvalue weighted by Crippen LogP contribution is 2.15. The molecule has 0 aliphatic heterocycles. The highest BCUT2D eigenvalue weighted by atomic mass is 35.5. The molecule has 1 amide bonds. The summed E-state index contributed by atoms with van der Waals surface area (Å²) in [6.45, 7) is 3.95. The van der Waals surface area contributed by atoms with Gasteiger partial charge in [-0.1, -0.05) is 55.3 Å². The predicted octanol–water partition coefficient (Wildman–Crippen LogP) is 3.53. The molecular weight excluding hydrogens is 384 g/mol. The number of hydrogen-bond acceptors (Lipinski definition) is 3. The van der Waals surface area contributed by atoms with Crippen molar-refractivity contribution in [2.75, 3.05) is 0 Å². The number of nitrogens with one attached hydrogen (secondary N) is 2. The summed E-state index contributed by atoms with van der Waals surface area (Å²) in [5.41, 5.74) is 0.875. The van der Waals surface area contributed by atoms with E-state index in [1.54, 1.807) is 0 Å². The van der Waals surface area contributed by atoms with Crippen molar-refractivity contribution >= 4 is 27.5 Å². The van der Waals surface area contributed by atoms with Gasteiger partial charge in [-0.3, -0.25) is 4.79 Å². The van der Waals surface area contributed by atoms with Crippen LogP contribution < -0.4 is 10.0 Å². The highest BCUT2D eigenvalue weighted by molar-refractivity contribution is 7.89. The molecular formula is C20H25ClN2O3S. The van der Waals surface area contributed by atoms with Gasteiger partial charge in [0.15, 0.2) is 0 Å². The van der Waals surface area contributed by atoms with Gasteiger partial charge >= 0.3 is 0 Å². The van der Waals surface area contributed by atoms with E-state index in [2.05, 4.69) is 10.0 Å². The van der Waals surface area contributed by atoms with Gasteiger partial charge in [-0.2, -0.15) is 4.72 Å². The zero-order valence-electron chi connectivity index (χ0n) is 15.5. The minimum absolute atomic E-state index is 0.0270. The zero-order valence-corrected chi connectivity index (χ0v) is 17.1. The lowest BCUT2D eigenvalue weighted by molar-refractivity contribution is -0.123. The Kier molecular flexibility index (Phi) is 7.83. The molecule has 0 saturated carbocycles. The quantitative estimate of drug-likeness (QED) is 0.666. The van der Waals surface area contributed by atoms with Crippen LogP contribution in [0, 0.1) is 0 Å². The average molecular weight is 409 g/mol. The first-order chi connectivity index (χ1) is 12.8. The van der Waals surface area contributed by atoms with Crippen molar-refractivity contribution in [1.29, 1.82) is 0 Å². The maximum atomic E-state index is 12.7. The van der Waals surface area contributed by atoms with Crippen molar-refractivity contribution in [3.8, 4) is 0 Å².